The van der Waals surface area contributed by atoms with E-state index in [4.69, 9.17) is 5.11 Å². The summed E-state index contributed by atoms with van der Waals surface area (Å²) < 4.78 is 2.50. The molecule has 0 aliphatic heterocycles. The molecular formula is C9H8BrN3O. The van der Waals surface area contributed by atoms with Gasteiger partial charge in [0.05, 0.1) is 17.3 Å². The Bertz CT molecular complexity index is 441. The summed E-state index contributed by atoms with van der Waals surface area (Å²) in [5, 5.41) is 13.2. The van der Waals surface area contributed by atoms with E-state index in [0.717, 1.165) is 10.0 Å². The van der Waals surface area contributed by atoms with Gasteiger partial charge in [0, 0.05) is 18.0 Å². The average molecular weight is 254 g/mol. The highest BCUT2D eigenvalue weighted by Crippen LogP contribution is 2.13. The summed E-state index contributed by atoms with van der Waals surface area (Å²) in [5.41, 5.74) is 0.753. The zero-order valence-electron chi connectivity index (χ0n) is 7.26. The number of aromatic nitrogens is 3. The first-order chi connectivity index (χ1) is 6.81. The minimum atomic E-state index is -0.0410. The summed E-state index contributed by atoms with van der Waals surface area (Å²) in [6, 6.07) is 3.60. The Hall–Kier alpha value is -1.20. The lowest BCUT2D eigenvalue weighted by Crippen LogP contribution is -2.02. The van der Waals surface area contributed by atoms with Gasteiger partial charge >= 0.3 is 0 Å². The van der Waals surface area contributed by atoms with Crippen molar-refractivity contribution in [3.63, 3.8) is 0 Å². The Morgan fingerprint density at radius 2 is 2.36 bits per heavy atom. The molecule has 0 amide bonds. The number of nitrogens with zero attached hydrogens (tertiary/aromatic N) is 3. The Balaban J connectivity index is 2.50. The zero-order chi connectivity index (χ0) is 9.97. The molecule has 4 nitrogen and oxygen atoms in total. The molecule has 2 rings (SSSR count). The molecule has 2 heterocycles. The maximum atomic E-state index is 9.09. The summed E-state index contributed by atoms with van der Waals surface area (Å²) in [4.78, 5) is 4.15. The van der Waals surface area contributed by atoms with Crippen LogP contribution in [0.2, 0.25) is 0 Å². The van der Waals surface area contributed by atoms with Crippen LogP contribution in [0.4, 0.5) is 0 Å². The van der Waals surface area contributed by atoms with Crippen LogP contribution >= 0.6 is 15.9 Å². The van der Waals surface area contributed by atoms with Gasteiger partial charge in [0.25, 0.3) is 0 Å². The van der Waals surface area contributed by atoms with Crippen LogP contribution < -0.4 is 0 Å². The third kappa shape index (κ3) is 1.69. The largest absolute Gasteiger partial charge is 0.392 e. The number of hydrogen-bond donors (Lipinski definition) is 1. The van der Waals surface area contributed by atoms with Crippen LogP contribution in [0, 0.1) is 0 Å². The van der Waals surface area contributed by atoms with Crippen LogP contribution in [0.15, 0.2) is 35.2 Å². The highest BCUT2D eigenvalue weighted by atomic mass is 79.9. The number of aliphatic hydroxyl groups is 1. The molecule has 0 radical (unpaired) electrons. The van der Waals surface area contributed by atoms with Gasteiger partial charge in [-0.3, -0.25) is 0 Å². The summed E-state index contributed by atoms with van der Waals surface area (Å²) >= 11 is 3.30. The van der Waals surface area contributed by atoms with Gasteiger partial charge in [-0.15, -0.1) is 0 Å². The van der Waals surface area contributed by atoms with Gasteiger partial charge in [-0.1, -0.05) is 6.07 Å². The number of rotatable bonds is 2. The lowest BCUT2D eigenvalue weighted by atomic mass is 10.3. The zero-order valence-corrected chi connectivity index (χ0v) is 8.85. The second-order valence-electron chi connectivity index (χ2n) is 2.75. The quantitative estimate of drug-likeness (QED) is 0.883. The molecular weight excluding hydrogens is 246 g/mol. The summed E-state index contributed by atoms with van der Waals surface area (Å²) in [6.07, 6.45) is 5.14. The molecule has 0 saturated carbocycles. The fourth-order valence-corrected chi connectivity index (χ4v) is 1.46. The van der Waals surface area contributed by atoms with Gasteiger partial charge in [-0.2, -0.15) is 5.10 Å². The molecule has 2 aromatic heterocycles. The van der Waals surface area contributed by atoms with Crippen LogP contribution in [-0.2, 0) is 6.61 Å². The second kappa shape index (κ2) is 3.89. The second-order valence-corrected chi connectivity index (χ2v) is 3.66. The van der Waals surface area contributed by atoms with Crippen molar-refractivity contribution in [2.45, 2.75) is 6.61 Å². The predicted octanol–water partition coefficient (Wildman–Crippen LogP) is 1.52. The predicted molar refractivity (Wildman–Crippen MR) is 55.0 cm³/mol. The summed E-state index contributed by atoms with van der Waals surface area (Å²) in [7, 11) is 0. The fourth-order valence-electron chi connectivity index (χ4n) is 1.18. The molecule has 1 N–H and O–H groups in total. The van der Waals surface area contributed by atoms with Gasteiger partial charge in [-0.25, -0.2) is 9.67 Å². The molecule has 0 unspecified atom stereocenters. The van der Waals surface area contributed by atoms with E-state index in [1.165, 1.54) is 0 Å². The van der Waals surface area contributed by atoms with Gasteiger partial charge in [-0.05, 0) is 22.0 Å². The van der Waals surface area contributed by atoms with Crippen molar-refractivity contribution in [1.82, 2.24) is 14.8 Å². The third-order valence-electron chi connectivity index (χ3n) is 1.81. The maximum Gasteiger partial charge on any atom is 0.158 e. The lowest BCUT2D eigenvalue weighted by Gasteiger charge is -2.04. The molecule has 0 spiro atoms. The first-order valence-corrected chi connectivity index (χ1v) is 4.86. The molecule has 72 valence electrons. The van der Waals surface area contributed by atoms with Crippen LogP contribution in [0.5, 0.6) is 0 Å². The molecule has 0 bridgehead atoms. The van der Waals surface area contributed by atoms with E-state index in [9.17, 15) is 0 Å². The lowest BCUT2D eigenvalue weighted by molar-refractivity contribution is 0.281. The van der Waals surface area contributed by atoms with Crippen molar-refractivity contribution >= 4 is 15.9 Å². The SMILES string of the molecule is OCc1cccnc1-n1cc(Br)cn1. The van der Waals surface area contributed by atoms with Gasteiger partial charge in [0.1, 0.15) is 0 Å². The molecule has 0 saturated heterocycles. The van der Waals surface area contributed by atoms with Crippen molar-refractivity contribution < 1.29 is 5.11 Å². The maximum absolute atomic E-state index is 9.09. The van der Waals surface area contributed by atoms with Crippen LogP contribution in [0.1, 0.15) is 5.56 Å². The smallest absolute Gasteiger partial charge is 0.158 e. The van der Waals surface area contributed by atoms with Crippen LogP contribution in [0.3, 0.4) is 0 Å². The number of hydrogen-bond acceptors (Lipinski definition) is 3. The van der Waals surface area contributed by atoms with Crippen LogP contribution in [0.25, 0.3) is 5.82 Å². The van der Waals surface area contributed by atoms with Gasteiger partial charge in [0.2, 0.25) is 0 Å². The Labute approximate surface area is 89.3 Å². The monoisotopic (exact) mass is 253 g/mol. The summed E-state index contributed by atoms with van der Waals surface area (Å²) in [6.45, 7) is -0.0410. The number of halogens is 1. The minimum absolute atomic E-state index is 0.0410. The third-order valence-corrected chi connectivity index (χ3v) is 2.22. The summed E-state index contributed by atoms with van der Waals surface area (Å²) in [5.74, 6) is 0.653. The first-order valence-electron chi connectivity index (χ1n) is 4.06. The van der Waals surface area contributed by atoms with E-state index in [0.29, 0.717) is 5.82 Å². The van der Waals surface area contributed by atoms with Crippen molar-refractivity contribution in [2.75, 3.05) is 0 Å². The Morgan fingerprint density at radius 3 is 3.00 bits per heavy atom. The van der Waals surface area contributed by atoms with E-state index in [-0.39, 0.29) is 6.61 Å². The van der Waals surface area contributed by atoms with Crippen molar-refractivity contribution in [1.29, 1.82) is 0 Å². The molecule has 0 atom stereocenters. The van der Waals surface area contributed by atoms with Gasteiger partial charge < -0.3 is 5.11 Å². The fraction of sp³-hybridized carbons (Fsp3) is 0.111. The van der Waals surface area contributed by atoms with E-state index < -0.39 is 0 Å². The molecule has 14 heavy (non-hydrogen) atoms. The van der Waals surface area contributed by atoms with Crippen molar-refractivity contribution in [3.05, 3.63) is 40.8 Å². The molecule has 2 aromatic rings. The standard InChI is InChI=1S/C9H8BrN3O/c10-8-4-12-13(5-8)9-7(6-14)2-1-3-11-9/h1-5,14H,6H2. The molecule has 0 aromatic carbocycles. The molecule has 0 fully saturated rings. The van der Waals surface area contributed by atoms with Crippen molar-refractivity contribution in [3.8, 4) is 5.82 Å². The Kier molecular flexibility index (Phi) is 2.60. The van der Waals surface area contributed by atoms with Gasteiger partial charge in [0.15, 0.2) is 5.82 Å². The van der Waals surface area contributed by atoms with E-state index >= 15 is 0 Å². The molecule has 0 aliphatic rings. The number of aliphatic hydroxyl groups excluding tert-OH is 1. The molecule has 0 aliphatic carbocycles. The average Bonchev–Trinajstić information content (AvgIpc) is 2.65. The normalized spacial score (nSPS) is 10.4. The topological polar surface area (TPSA) is 50.9 Å². The van der Waals surface area contributed by atoms with E-state index in [1.54, 1.807) is 29.3 Å². The minimum Gasteiger partial charge on any atom is -0.392 e. The first kappa shape index (κ1) is 9.36. The molecule has 5 heteroatoms. The van der Waals surface area contributed by atoms with Crippen LogP contribution in [-0.4, -0.2) is 19.9 Å². The Morgan fingerprint density at radius 1 is 1.50 bits per heavy atom. The van der Waals surface area contributed by atoms with E-state index in [1.807, 2.05) is 6.07 Å². The van der Waals surface area contributed by atoms with Crippen molar-refractivity contribution in [2.24, 2.45) is 0 Å². The van der Waals surface area contributed by atoms with E-state index in [2.05, 4.69) is 26.0 Å². The highest BCUT2D eigenvalue weighted by Gasteiger charge is 2.05. The number of pyridine rings is 1. The highest BCUT2D eigenvalue weighted by molar-refractivity contribution is 9.10.